The number of fused-ring (bicyclic) bond motifs is 2. The summed E-state index contributed by atoms with van der Waals surface area (Å²) in [4.78, 5) is 75.7. The van der Waals surface area contributed by atoms with Crippen LogP contribution in [0.2, 0.25) is 0 Å². The number of likely N-dealkylation sites (tertiary alicyclic amines) is 1. The molecule has 4 amide bonds. The van der Waals surface area contributed by atoms with Crippen molar-refractivity contribution in [1.29, 1.82) is 0 Å². The SMILES string of the molecule is COc1cc(-c2cn(C)c(=O)c3cnc(N(C)C)cc23)cc(OC)c1CN1CCC2(C1)CN(c1ccc3c(c1)C(=O)N(C1CCC(=O)NC1=O)C3=O)C2. The molecule has 3 fully saturated rings. The number of rotatable bonds is 8. The first kappa shape index (κ1) is 34.3. The molecule has 0 bridgehead atoms. The second kappa shape index (κ2) is 12.7. The molecule has 3 saturated heterocycles. The second-order valence-electron chi connectivity index (χ2n) is 14.8. The summed E-state index contributed by atoms with van der Waals surface area (Å²) in [6.07, 6.45) is 4.68. The van der Waals surface area contributed by atoms with Crippen molar-refractivity contribution in [3.63, 3.8) is 0 Å². The minimum atomic E-state index is -0.990. The van der Waals surface area contributed by atoms with Gasteiger partial charge in [0.05, 0.1) is 36.3 Å². The van der Waals surface area contributed by atoms with E-state index in [1.54, 1.807) is 44.2 Å². The van der Waals surface area contributed by atoms with E-state index in [0.717, 1.165) is 71.1 Å². The summed E-state index contributed by atoms with van der Waals surface area (Å²) < 4.78 is 13.5. The van der Waals surface area contributed by atoms with Crippen molar-refractivity contribution in [2.24, 2.45) is 12.5 Å². The van der Waals surface area contributed by atoms with E-state index in [4.69, 9.17) is 9.47 Å². The highest BCUT2D eigenvalue weighted by atomic mass is 16.5. The van der Waals surface area contributed by atoms with Gasteiger partial charge in [0, 0.05) is 88.2 Å². The van der Waals surface area contributed by atoms with Crippen molar-refractivity contribution < 1.29 is 28.7 Å². The number of aryl methyl sites for hydroxylation is 1. The summed E-state index contributed by atoms with van der Waals surface area (Å²) in [6.45, 7) is 4.00. The van der Waals surface area contributed by atoms with Crippen LogP contribution in [0.1, 0.15) is 45.5 Å². The lowest BCUT2D eigenvalue weighted by Gasteiger charge is -2.49. The second-order valence-corrected chi connectivity index (χ2v) is 14.8. The molecule has 4 aromatic rings. The zero-order chi connectivity index (χ0) is 37.3. The van der Waals surface area contributed by atoms with Gasteiger partial charge in [0.25, 0.3) is 17.4 Å². The molecule has 274 valence electrons. The number of ether oxygens (including phenoxy) is 2. The lowest BCUT2D eigenvalue weighted by Crippen LogP contribution is -2.57. The van der Waals surface area contributed by atoms with E-state index in [2.05, 4.69) is 20.1 Å². The van der Waals surface area contributed by atoms with Gasteiger partial charge in [0.15, 0.2) is 0 Å². The van der Waals surface area contributed by atoms with Crippen LogP contribution in [0.4, 0.5) is 11.5 Å². The van der Waals surface area contributed by atoms with Crippen LogP contribution in [0.25, 0.3) is 21.9 Å². The van der Waals surface area contributed by atoms with Gasteiger partial charge in [-0.1, -0.05) is 0 Å². The summed E-state index contributed by atoms with van der Waals surface area (Å²) in [5, 5.41) is 3.57. The van der Waals surface area contributed by atoms with Gasteiger partial charge in [-0.05, 0) is 61.3 Å². The molecule has 14 nitrogen and oxygen atoms in total. The Morgan fingerprint density at radius 3 is 2.30 bits per heavy atom. The fourth-order valence-electron chi connectivity index (χ4n) is 8.37. The minimum Gasteiger partial charge on any atom is -0.496 e. The van der Waals surface area contributed by atoms with Gasteiger partial charge in [0.1, 0.15) is 23.4 Å². The topological polar surface area (TPSA) is 147 Å². The van der Waals surface area contributed by atoms with E-state index in [1.165, 1.54) is 0 Å². The van der Waals surface area contributed by atoms with Crippen molar-refractivity contribution in [1.82, 2.24) is 24.7 Å². The van der Waals surface area contributed by atoms with Crippen LogP contribution in [0.15, 0.2) is 53.6 Å². The summed E-state index contributed by atoms with van der Waals surface area (Å²) in [7, 11) is 8.88. The van der Waals surface area contributed by atoms with Crippen molar-refractivity contribution in [3.05, 3.63) is 75.8 Å². The van der Waals surface area contributed by atoms with Gasteiger partial charge in [-0.25, -0.2) is 4.98 Å². The van der Waals surface area contributed by atoms with Crippen LogP contribution in [-0.4, -0.2) is 104 Å². The molecule has 0 aliphatic carbocycles. The lowest BCUT2D eigenvalue weighted by atomic mass is 9.78. The van der Waals surface area contributed by atoms with E-state index < -0.39 is 29.7 Å². The molecule has 1 spiro atoms. The molecular weight excluding hydrogens is 678 g/mol. The van der Waals surface area contributed by atoms with Crippen LogP contribution in [0.5, 0.6) is 11.5 Å². The number of hydrogen-bond acceptors (Lipinski definition) is 11. The summed E-state index contributed by atoms with van der Waals surface area (Å²) in [5.41, 5.74) is 4.05. The first-order valence-corrected chi connectivity index (χ1v) is 17.7. The van der Waals surface area contributed by atoms with E-state index in [0.29, 0.717) is 23.4 Å². The molecule has 1 N–H and O–H groups in total. The number of piperidine rings is 1. The number of carbonyl (C=O) groups is 4. The number of aromatic nitrogens is 2. The number of nitrogens with one attached hydrogen (secondary N) is 1. The number of nitrogens with zero attached hydrogens (tertiary/aromatic N) is 6. The maximum absolute atomic E-state index is 13.4. The number of amides is 4. The van der Waals surface area contributed by atoms with Crippen LogP contribution in [0.3, 0.4) is 0 Å². The first-order chi connectivity index (χ1) is 25.4. The highest BCUT2D eigenvalue weighted by Crippen LogP contribution is 2.45. The summed E-state index contributed by atoms with van der Waals surface area (Å²) >= 11 is 0. The highest BCUT2D eigenvalue weighted by molar-refractivity contribution is 6.23. The molecular formula is C39H41N7O7. The largest absolute Gasteiger partial charge is 0.496 e. The predicted molar refractivity (Wildman–Crippen MR) is 198 cm³/mol. The average Bonchev–Trinajstić information content (AvgIpc) is 3.67. The number of methoxy groups -OCH3 is 2. The molecule has 1 unspecified atom stereocenters. The Hall–Kier alpha value is -5.76. The van der Waals surface area contributed by atoms with Crippen LogP contribution in [-0.2, 0) is 23.2 Å². The normalized spacial score (nSPS) is 19.5. The number of pyridine rings is 2. The molecule has 2 aromatic heterocycles. The molecule has 4 aliphatic heterocycles. The van der Waals surface area contributed by atoms with E-state index in [9.17, 15) is 24.0 Å². The molecule has 2 aromatic carbocycles. The Balaban J connectivity index is 0.988. The molecule has 8 rings (SSSR count). The van der Waals surface area contributed by atoms with Crippen molar-refractivity contribution in [2.45, 2.75) is 31.8 Å². The van der Waals surface area contributed by atoms with Gasteiger partial charge in [0.2, 0.25) is 11.8 Å². The molecule has 4 aliphatic rings. The van der Waals surface area contributed by atoms with Crippen LogP contribution < -0.4 is 30.1 Å². The zero-order valence-corrected chi connectivity index (χ0v) is 30.4. The van der Waals surface area contributed by atoms with Crippen LogP contribution >= 0.6 is 0 Å². The monoisotopic (exact) mass is 719 g/mol. The lowest BCUT2D eigenvalue weighted by molar-refractivity contribution is -0.136. The molecule has 53 heavy (non-hydrogen) atoms. The first-order valence-electron chi connectivity index (χ1n) is 17.7. The minimum absolute atomic E-state index is 0.0733. The van der Waals surface area contributed by atoms with Crippen molar-refractivity contribution in [3.8, 4) is 22.6 Å². The molecule has 0 saturated carbocycles. The van der Waals surface area contributed by atoms with Crippen molar-refractivity contribution >= 4 is 45.9 Å². The van der Waals surface area contributed by atoms with Gasteiger partial charge >= 0.3 is 0 Å². The number of imide groups is 2. The average molecular weight is 720 g/mol. The Bertz CT molecular complexity index is 2270. The highest BCUT2D eigenvalue weighted by Gasteiger charge is 2.49. The molecule has 0 radical (unpaired) electrons. The maximum Gasteiger partial charge on any atom is 0.262 e. The number of anilines is 2. The summed E-state index contributed by atoms with van der Waals surface area (Å²) in [5.74, 6) is 0.115. The standard InChI is InChI=1S/C39H41N7O7/c1-42(2)33-15-25-27(16-40-33)36(49)43(3)17-28(25)22-12-31(52-4)29(32(13-22)53-5)18-44-11-10-39(19-44)20-45(21-39)23-6-7-24-26(14-23)38(51)46(37(24)50)30-8-9-34(47)41-35(30)48/h6-7,12-17,30H,8-11,18-21H2,1-5H3,(H,41,47,48). The Labute approximate surface area is 305 Å². The van der Waals surface area contributed by atoms with Gasteiger partial charge in [-0.3, -0.25) is 39.1 Å². The Kier molecular flexibility index (Phi) is 8.24. The predicted octanol–water partition coefficient (Wildman–Crippen LogP) is 2.80. The Morgan fingerprint density at radius 1 is 0.906 bits per heavy atom. The van der Waals surface area contributed by atoms with Crippen molar-refractivity contribution in [2.75, 3.05) is 64.3 Å². The van der Waals surface area contributed by atoms with E-state index in [-0.39, 0.29) is 34.9 Å². The molecule has 1 atom stereocenters. The fourth-order valence-corrected chi connectivity index (χ4v) is 8.37. The smallest absolute Gasteiger partial charge is 0.262 e. The number of carbonyl (C=O) groups excluding carboxylic acids is 4. The van der Waals surface area contributed by atoms with Crippen LogP contribution in [0, 0.1) is 5.41 Å². The number of hydrogen-bond donors (Lipinski definition) is 1. The van der Waals surface area contributed by atoms with Gasteiger partial charge < -0.3 is 23.8 Å². The third-order valence-corrected chi connectivity index (χ3v) is 11.2. The van der Waals surface area contributed by atoms with Gasteiger partial charge in [-0.15, -0.1) is 0 Å². The quantitative estimate of drug-likeness (QED) is 0.268. The third-order valence-electron chi connectivity index (χ3n) is 11.2. The zero-order valence-electron chi connectivity index (χ0n) is 30.4. The van der Waals surface area contributed by atoms with E-state index in [1.807, 2.05) is 49.5 Å². The fraction of sp³-hybridized carbons (Fsp3) is 0.385. The summed E-state index contributed by atoms with van der Waals surface area (Å²) in [6, 6.07) is 10.2. The number of benzene rings is 2. The Morgan fingerprint density at radius 2 is 1.62 bits per heavy atom. The molecule has 6 heterocycles. The third kappa shape index (κ3) is 5.68. The molecule has 14 heteroatoms. The van der Waals surface area contributed by atoms with Gasteiger partial charge in [-0.2, -0.15) is 0 Å². The maximum atomic E-state index is 13.4. The van der Waals surface area contributed by atoms with E-state index >= 15 is 0 Å².